The normalized spacial score (nSPS) is 16.7. The maximum atomic E-state index is 12.9. The van der Waals surface area contributed by atoms with Gasteiger partial charge in [0.15, 0.2) is 5.84 Å². The zero-order valence-corrected chi connectivity index (χ0v) is 20.4. The van der Waals surface area contributed by atoms with Crippen LogP contribution < -0.4 is 0 Å². The third-order valence-corrected chi connectivity index (χ3v) is 7.04. The molecule has 0 saturated carbocycles. The van der Waals surface area contributed by atoms with E-state index in [9.17, 15) is 4.79 Å². The smallest absolute Gasteiger partial charge is 0.283 e. The zero-order valence-electron chi connectivity index (χ0n) is 19.6. The minimum absolute atomic E-state index is 0.0578. The number of aromatic nitrogens is 1. The predicted molar refractivity (Wildman–Crippen MR) is 140 cm³/mol. The van der Waals surface area contributed by atoms with Gasteiger partial charge in [-0.15, -0.1) is 0 Å². The third-order valence-electron chi connectivity index (χ3n) is 6.13. The van der Waals surface area contributed by atoms with Gasteiger partial charge in [-0.05, 0) is 73.9 Å². The summed E-state index contributed by atoms with van der Waals surface area (Å²) >= 11 is 1.35. The average molecular weight is 468 g/mol. The molecule has 0 spiro atoms. The highest BCUT2D eigenvalue weighted by molar-refractivity contribution is 8.26. The van der Waals surface area contributed by atoms with Crippen LogP contribution in [0.1, 0.15) is 33.6 Å². The fourth-order valence-electron chi connectivity index (χ4n) is 4.47. The van der Waals surface area contributed by atoms with Crippen molar-refractivity contribution >= 4 is 39.8 Å². The molecule has 0 atom stereocenters. The minimum Gasteiger partial charge on any atom is -0.317 e. The maximum absolute atomic E-state index is 12.9. The SMILES string of the molecule is Cc1cccc(C)c1-n1c(C)cc(C=C2C(=N)N3N=C(Cc4ccccc4)SC3=NC2=O)c1C. The van der Waals surface area contributed by atoms with E-state index in [1.165, 1.54) is 27.9 Å². The van der Waals surface area contributed by atoms with Crippen LogP contribution in [0.3, 0.4) is 0 Å². The molecular formula is C27H25N5OS. The summed E-state index contributed by atoms with van der Waals surface area (Å²) in [5, 5.41) is 16.0. The van der Waals surface area contributed by atoms with E-state index in [2.05, 4.69) is 59.7 Å². The van der Waals surface area contributed by atoms with Crippen molar-refractivity contribution in [2.75, 3.05) is 0 Å². The number of amidine groups is 2. The number of thioether (sulfide) groups is 1. The van der Waals surface area contributed by atoms with E-state index >= 15 is 0 Å². The molecule has 2 aromatic carbocycles. The van der Waals surface area contributed by atoms with Crippen LogP contribution in [0.5, 0.6) is 0 Å². The first kappa shape index (κ1) is 22.1. The van der Waals surface area contributed by atoms with E-state index in [0.717, 1.165) is 33.2 Å². The molecule has 2 aliphatic rings. The number of aliphatic imine (C=N–C) groups is 1. The highest BCUT2D eigenvalue weighted by Crippen LogP contribution is 2.31. The molecule has 7 heteroatoms. The van der Waals surface area contributed by atoms with Crippen LogP contribution in [0.25, 0.3) is 11.8 Å². The summed E-state index contributed by atoms with van der Waals surface area (Å²) in [6, 6.07) is 18.3. The van der Waals surface area contributed by atoms with Crippen LogP contribution in [0.4, 0.5) is 0 Å². The first-order valence-electron chi connectivity index (χ1n) is 11.1. The Hall–Kier alpha value is -3.71. The molecule has 34 heavy (non-hydrogen) atoms. The molecule has 3 aromatic rings. The number of para-hydroxylation sites is 1. The molecular weight excluding hydrogens is 442 g/mol. The quantitative estimate of drug-likeness (QED) is 0.510. The molecule has 0 unspecified atom stereocenters. The zero-order chi connectivity index (χ0) is 24.0. The maximum Gasteiger partial charge on any atom is 0.283 e. The molecule has 0 aliphatic carbocycles. The van der Waals surface area contributed by atoms with Crippen molar-refractivity contribution in [3.63, 3.8) is 0 Å². The van der Waals surface area contributed by atoms with Crippen molar-refractivity contribution in [3.05, 3.63) is 93.8 Å². The van der Waals surface area contributed by atoms with Gasteiger partial charge in [0, 0.05) is 17.8 Å². The van der Waals surface area contributed by atoms with Crippen LogP contribution in [0, 0.1) is 33.1 Å². The van der Waals surface area contributed by atoms with Gasteiger partial charge in [0.25, 0.3) is 5.91 Å². The number of nitrogens with zero attached hydrogens (tertiary/aromatic N) is 4. The molecule has 1 N–H and O–H groups in total. The van der Waals surface area contributed by atoms with Crippen molar-refractivity contribution in [2.24, 2.45) is 10.1 Å². The standard InChI is InChI=1S/C27H25N5OS/c1-16-9-8-10-17(2)24(16)31-18(3)13-21(19(31)4)15-22-25(28)32-27(29-26(22)33)34-23(30-32)14-20-11-6-5-7-12-20/h5-13,15,28H,14H2,1-4H3. The van der Waals surface area contributed by atoms with E-state index in [4.69, 9.17) is 5.41 Å². The summed E-state index contributed by atoms with van der Waals surface area (Å²) < 4.78 is 2.21. The van der Waals surface area contributed by atoms with Gasteiger partial charge in [-0.25, -0.2) is 0 Å². The Kier molecular flexibility index (Phi) is 5.57. The Morgan fingerprint density at radius 3 is 2.41 bits per heavy atom. The number of hydrazone groups is 1. The number of hydrogen-bond acceptors (Lipinski definition) is 4. The largest absolute Gasteiger partial charge is 0.317 e. The molecule has 0 fully saturated rings. The summed E-state index contributed by atoms with van der Waals surface area (Å²) in [6.45, 7) is 8.30. The Bertz CT molecular complexity index is 1410. The van der Waals surface area contributed by atoms with Crippen LogP contribution in [0.2, 0.25) is 0 Å². The number of aryl methyl sites for hydroxylation is 3. The van der Waals surface area contributed by atoms with Crippen LogP contribution in [-0.4, -0.2) is 31.5 Å². The van der Waals surface area contributed by atoms with Gasteiger partial charge in [-0.1, -0.05) is 48.5 Å². The molecule has 0 bridgehead atoms. The lowest BCUT2D eigenvalue weighted by molar-refractivity contribution is -0.114. The van der Waals surface area contributed by atoms with Gasteiger partial charge in [0.1, 0.15) is 5.04 Å². The number of amides is 1. The average Bonchev–Trinajstić information content (AvgIpc) is 3.32. The number of fused-ring (bicyclic) bond motifs is 1. The van der Waals surface area contributed by atoms with Crippen LogP contribution >= 0.6 is 11.8 Å². The number of carbonyl (C=O) groups is 1. The lowest BCUT2D eigenvalue weighted by atomic mass is 10.1. The van der Waals surface area contributed by atoms with Gasteiger partial charge in [0.2, 0.25) is 5.17 Å². The third kappa shape index (κ3) is 3.82. The summed E-state index contributed by atoms with van der Waals surface area (Å²) in [7, 11) is 0. The summed E-state index contributed by atoms with van der Waals surface area (Å²) in [6.07, 6.45) is 2.41. The van der Waals surface area contributed by atoms with Crippen LogP contribution in [-0.2, 0) is 11.2 Å². The topological polar surface area (TPSA) is 73.8 Å². The van der Waals surface area contributed by atoms with Crippen molar-refractivity contribution in [1.29, 1.82) is 5.41 Å². The van der Waals surface area contributed by atoms with Gasteiger partial charge < -0.3 is 4.57 Å². The lowest BCUT2D eigenvalue weighted by Gasteiger charge is -2.20. The van der Waals surface area contributed by atoms with Crippen molar-refractivity contribution in [1.82, 2.24) is 9.58 Å². The van der Waals surface area contributed by atoms with Crippen LogP contribution in [0.15, 0.2) is 70.3 Å². The fraction of sp³-hybridized carbons (Fsp3) is 0.185. The predicted octanol–water partition coefficient (Wildman–Crippen LogP) is 5.57. The van der Waals surface area contributed by atoms with E-state index in [-0.39, 0.29) is 11.4 Å². The lowest BCUT2D eigenvalue weighted by Crippen LogP contribution is -2.35. The molecule has 170 valence electrons. The van der Waals surface area contributed by atoms with Crippen molar-refractivity contribution < 1.29 is 4.79 Å². The molecule has 5 rings (SSSR count). The van der Waals surface area contributed by atoms with E-state index in [0.29, 0.717) is 11.6 Å². The summed E-state index contributed by atoms with van der Waals surface area (Å²) in [5.41, 5.74) is 7.88. The second-order valence-electron chi connectivity index (χ2n) is 8.58. The van der Waals surface area contributed by atoms with E-state index < -0.39 is 5.91 Å². The number of nitrogens with one attached hydrogen (secondary N) is 1. The Morgan fingerprint density at radius 2 is 1.71 bits per heavy atom. The number of carbonyl (C=O) groups excluding carboxylic acids is 1. The summed E-state index contributed by atoms with van der Waals surface area (Å²) in [4.78, 5) is 17.1. The first-order valence-corrected chi connectivity index (χ1v) is 11.9. The fourth-order valence-corrected chi connectivity index (χ4v) is 5.38. The van der Waals surface area contributed by atoms with Gasteiger partial charge in [0.05, 0.1) is 11.3 Å². The second kappa shape index (κ2) is 8.57. The van der Waals surface area contributed by atoms with Crippen molar-refractivity contribution in [2.45, 2.75) is 34.1 Å². The molecule has 1 aromatic heterocycles. The van der Waals surface area contributed by atoms with Gasteiger partial charge >= 0.3 is 0 Å². The first-order chi connectivity index (χ1) is 16.3. The van der Waals surface area contributed by atoms with E-state index in [1.807, 2.05) is 37.3 Å². The molecule has 0 saturated heterocycles. The molecule has 6 nitrogen and oxygen atoms in total. The number of hydrogen-bond donors (Lipinski definition) is 1. The van der Waals surface area contributed by atoms with Crippen molar-refractivity contribution in [3.8, 4) is 5.69 Å². The molecule has 3 heterocycles. The van der Waals surface area contributed by atoms with Gasteiger partial charge in [-0.3, -0.25) is 10.2 Å². The molecule has 1 amide bonds. The highest BCUT2D eigenvalue weighted by atomic mass is 32.2. The Labute approximate surface area is 203 Å². The number of benzene rings is 2. The Balaban J connectivity index is 1.49. The summed E-state index contributed by atoms with van der Waals surface area (Å²) in [5.74, 6) is -0.348. The molecule has 0 radical (unpaired) electrons. The minimum atomic E-state index is -0.406. The Morgan fingerprint density at radius 1 is 1.00 bits per heavy atom. The highest BCUT2D eigenvalue weighted by Gasteiger charge is 2.35. The monoisotopic (exact) mass is 467 g/mol. The van der Waals surface area contributed by atoms with Gasteiger partial charge in [-0.2, -0.15) is 15.1 Å². The molecule has 2 aliphatic heterocycles. The number of rotatable bonds is 4. The second-order valence-corrected chi connectivity index (χ2v) is 9.62. The van der Waals surface area contributed by atoms with E-state index in [1.54, 1.807) is 6.08 Å².